The van der Waals surface area contributed by atoms with Crippen molar-refractivity contribution in [2.24, 2.45) is 17.6 Å². The van der Waals surface area contributed by atoms with E-state index in [9.17, 15) is 4.79 Å². The Kier molecular flexibility index (Phi) is 5.40. The molecule has 0 bridgehead atoms. The first-order chi connectivity index (χ1) is 11.5. The number of urea groups is 1. The molecular weight excluding hydrogens is 300 g/mol. The molecule has 5 heteroatoms. The Labute approximate surface area is 147 Å². The van der Waals surface area contributed by atoms with Gasteiger partial charge < -0.3 is 20.9 Å². The first kappa shape index (κ1) is 18.0. The minimum absolute atomic E-state index is 0.169. The summed E-state index contributed by atoms with van der Waals surface area (Å²) in [7, 11) is 0. The molecule has 1 saturated carbocycles. The average molecular weight is 337 g/mol. The van der Waals surface area contributed by atoms with Gasteiger partial charge in [0.25, 0.3) is 0 Å². The van der Waals surface area contributed by atoms with Crippen LogP contribution in [0.15, 0.2) is 0 Å². The van der Waals surface area contributed by atoms with Crippen molar-refractivity contribution in [1.82, 2.24) is 15.1 Å². The Bertz CT molecular complexity index is 445. The molecule has 3 fully saturated rings. The Morgan fingerprint density at radius 2 is 1.92 bits per heavy atom. The number of carbonyl (C=O) groups excluding carboxylic acids is 1. The van der Waals surface area contributed by atoms with E-state index >= 15 is 0 Å². The van der Waals surface area contributed by atoms with Crippen molar-refractivity contribution in [2.75, 3.05) is 26.2 Å². The number of piperidine rings is 1. The number of rotatable bonds is 4. The quantitative estimate of drug-likeness (QED) is 0.829. The largest absolute Gasteiger partial charge is 0.351 e. The van der Waals surface area contributed by atoms with Gasteiger partial charge in [-0.05, 0) is 70.9 Å². The SMILES string of the molecule is CCC1(C)C(C2CCN(CC3CCC3)CC2)NCC(C)N1C(N)=O. The third-order valence-electron chi connectivity index (χ3n) is 7.09. The van der Waals surface area contributed by atoms with Crippen LogP contribution in [0, 0.1) is 11.8 Å². The molecule has 0 aromatic rings. The van der Waals surface area contributed by atoms with Crippen molar-refractivity contribution < 1.29 is 4.79 Å². The second-order valence-corrected chi connectivity index (χ2v) is 8.59. The van der Waals surface area contributed by atoms with Gasteiger partial charge in [0.2, 0.25) is 0 Å². The molecule has 3 aliphatic rings. The minimum Gasteiger partial charge on any atom is -0.351 e. The van der Waals surface area contributed by atoms with Gasteiger partial charge in [-0.25, -0.2) is 4.79 Å². The maximum absolute atomic E-state index is 12.1. The van der Waals surface area contributed by atoms with Crippen molar-refractivity contribution in [3.05, 3.63) is 0 Å². The fourth-order valence-corrected chi connectivity index (χ4v) is 5.31. The van der Waals surface area contributed by atoms with Gasteiger partial charge in [-0.2, -0.15) is 0 Å². The summed E-state index contributed by atoms with van der Waals surface area (Å²) in [5.74, 6) is 1.60. The summed E-state index contributed by atoms with van der Waals surface area (Å²) in [4.78, 5) is 16.7. The lowest BCUT2D eigenvalue weighted by molar-refractivity contribution is -0.00546. The number of piperazine rings is 1. The molecular formula is C19H36N4O. The zero-order valence-corrected chi connectivity index (χ0v) is 15.8. The fraction of sp³-hybridized carbons (Fsp3) is 0.947. The predicted molar refractivity (Wildman–Crippen MR) is 97.9 cm³/mol. The Morgan fingerprint density at radius 3 is 2.42 bits per heavy atom. The van der Waals surface area contributed by atoms with E-state index in [1.54, 1.807) is 0 Å². The lowest BCUT2D eigenvalue weighted by atomic mass is 9.73. The molecule has 0 aromatic heterocycles. The van der Waals surface area contributed by atoms with E-state index in [1.807, 2.05) is 4.90 Å². The first-order valence-electron chi connectivity index (χ1n) is 10.00. The van der Waals surface area contributed by atoms with Crippen LogP contribution in [0.2, 0.25) is 0 Å². The molecule has 1 aliphatic carbocycles. The second-order valence-electron chi connectivity index (χ2n) is 8.59. The molecule has 3 N–H and O–H groups in total. The standard InChI is InChI=1S/C19H36N4O/c1-4-19(3)17(21-12-14(2)23(19)18(20)24)16-8-10-22(11-9-16)13-15-6-5-7-15/h14-17,21H,4-13H2,1-3H3,(H2,20,24). The monoisotopic (exact) mass is 336 g/mol. The number of amides is 2. The molecule has 2 aliphatic heterocycles. The molecule has 2 amide bonds. The predicted octanol–water partition coefficient (Wildman–Crippen LogP) is 2.41. The van der Waals surface area contributed by atoms with Crippen LogP contribution >= 0.6 is 0 Å². The van der Waals surface area contributed by atoms with E-state index in [-0.39, 0.29) is 17.6 Å². The van der Waals surface area contributed by atoms with Crippen molar-refractivity contribution in [2.45, 2.75) is 76.9 Å². The lowest BCUT2D eigenvalue weighted by Gasteiger charge is -2.56. The number of hydrogen-bond acceptors (Lipinski definition) is 3. The molecule has 3 rings (SSSR count). The zero-order valence-electron chi connectivity index (χ0n) is 15.8. The molecule has 24 heavy (non-hydrogen) atoms. The number of hydrogen-bond donors (Lipinski definition) is 2. The summed E-state index contributed by atoms with van der Waals surface area (Å²) < 4.78 is 0. The van der Waals surface area contributed by atoms with Crippen molar-refractivity contribution >= 4 is 6.03 Å². The van der Waals surface area contributed by atoms with Crippen LogP contribution in [0.1, 0.15) is 59.3 Å². The first-order valence-corrected chi connectivity index (χ1v) is 10.00. The topological polar surface area (TPSA) is 61.6 Å². The van der Waals surface area contributed by atoms with Crippen LogP contribution in [0.5, 0.6) is 0 Å². The highest BCUT2D eigenvalue weighted by atomic mass is 16.2. The average Bonchev–Trinajstić information content (AvgIpc) is 2.51. The van der Waals surface area contributed by atoms with E-state index < -0.39 is 0 Å². The molecule has 2 saturated heterocycles. The van der Waals surface area contributed by atoms with E-state index in [4.69, 9.17) is 5.73 Å². The third-order valence-corrected chi connectivity index (χ3v) is 7.09. The van der Waals surface area contributed by atoms with Gasteiger partial charge in [-0.1, -0.05) is 13.3 Å². The summed E-state index contributed by atoms with van der Waals surface area (Å²) in [5.41, 5.74) is 5.57. The molecule has 3 unspecified atom stereocenters. The van der Waals surface area contributed by atoms with Crippen molar-refractivity contribution in [1.29, 1.82) is 0 Å². The molecule has 5 nitrogen and oxygen atoms in total. The van der Waals surface area contributed by atoms with Gasteiger partial charge >= 0.3 is 6.03 Å². The Balaban J connectivity index is 1.63. The van der Waals surface area contributed by atoms with Crippen molar-refractivity contribution in [3.8, 4) is 0 Å². The van der Waals surface area contributed by atoms with E-state index in [0.717, 1.165) is 18.9 Å². The summed E-state index contributed by atoms with van der Waals surface area (Å²) in [6, 6.07) is 0.264. The molecule has 0 radical (unpaired) electrons. The summed E-state index contributed by atoms with van der Waals surface area (Å²) in [6.45, 7) is 11.1. The molecule has 138 valence electrons. The smallest absolute Gasteiger partial charge is 0.315 e. The van der Waals surface area contributed by atoms with Gasteiger partial charge in [0.1, 0.15) is 0 Å². The van der Waals surface area contributed by atoms with Gasteiger partial charge in [0, 0.05) is 25.2 Å². The Hall–Kier alpha value is -0.810. The van der Waals surface area contributed by atoms with Crippen molar-refractivity contribution in [3.63, 3.8) is 0 Å². The molecule has 0 aromatic carbocycles. The summed E-state index contributed by atoms with van der Waals surface area (Å²) in [6.07, 6.45) is 7.72. The van der Waals surface area contributed by atoms with Gasteiger partial charge in [0.15, 0.2) is 0 Å². The van der Waals surface area contributed by atoms with Crippen LogP contribution in [0.4, 0.5) is 4.79 Å². The number of primary amides is 1. The van der Waals surface area contributed by atoms with Gasteiger partial charge in [0.05, 0.1) is 5.54 Å². The maximum Gasteiger partial charge on any atom is 0.315 e. The van der Waals surface area contributed by atoms with Gasteiger partial charge in [-0.3, -0.25) is 0 Å². The minimum atomic E-state index is -0.263. The lowest BCUT2D eigenvalue weighted by Crippen LogP contribution is -2.73. The molecule has 3 atom stereocenters. The fourth-order valence-electron chi connectivity index (χ4n) is 5.31. The maximum atomic E-state index is 12.1. The number of likely N-dealkylation sites (tertiary alicyclic amines) is 1. The zero-order chi connectivity index (χ0) is 17.3. The van der Waals surface area contributed by atoms with E-state index in [0.29, 0.717) is 12.0 Å². The van der Waals surface area contributed by atoms with Crippen LogP contribution in [-0.2, 0) is 0 Å². The van der Waals surface area contributed by atoms with Crippen LogP contribution in [0.3, 0.4) is 0 Å². The second kappa shape index (κ2) is 7.20. The highest BCUT2D eigenvalue weighted by Crippen LogP contribution is 2.37. The van der Waals surface area contributed by atoms with Crippen LogP contribution in [-0.4, -0.2) is 59.6 Å². The molecule has 0 spiro atoms. The number of nitrogens with two attached hydrogens (primary N) is 1. The van der Waals surface area contributed by atoms with Crippen LogP contribution < -0.4 is 11.1 Å². The third kappa shape index (κ3) is 3.30. The molecule has 2 heterocycles. The highest BCUT2D eigenvalue weighted by molar-refractivity contribution is 5.73. The van der Waals surface area contributed by atoms with Gasteiger partial charge in [-0.15, -0.1) is 0 Å². The van der Waals surface area contributed by atoms with E-state index in [1.165, 1.54) is 51.7 Å². The normalized spacial score (nSPS) is 36.5. The van der Waals surface area contributed by atoms with E-state index in [2.05, 4.69) is 31.0 Å². The Morgan fingerprint density at radius 1 is 1.25 bits per heavy atom. The number of nitrogens with one attached hydrogen (secondary N) is 1. The highest BCUT2D eigenvalue weighted by Gasteiger charge is 2.49. The number of carbonyl (C=O) groups is 1. The van der Waals surface area contributed by atoms with Crippen LogP contribution in [0.25, 0.3) is 0 Å². The summed E-state index contributed by atoms with van der Waals surface area (Å²) in [5, 5.41) is 3.77. The number of nitrogens with zero attached hydrogens (tertiary/aromatic N) is 2. The summed E-state index contributed by atoms with van der Waals surface area (Å²) >= 11 is 0.